The summed E-state index contributed by atoms with van der Waals surface area (Å²) in [6.07, 6.45) is -5.11. The van der Waals surface area contributed by atoms with Crippen molar-refractivity contribution in [2.45, 2.75) is 30.5 Å². The monoisotopic (exact) mass is 570 g/mol. The molecular formula is C19H22ClF3N6O7S. The third kappa shape index (κ3) is 9.53. The van der Waals surface area contributed by atoms with Crippen molar-refractivity contribution >= 4 is 45.1 Å². The highest BCUT2D eigenvalue weighted by atomic mass is 35.5. The Morgan fingerprint density at radius 2 is 1.70 bits per heavy atom. The summed E-state index contributed by atoms with van der Waals surface area (Å²) in [4.78, 5) is 38.5. The molecular weight excluding hydrogens is 549 g/mol. The lowest BCUT2D eigenvalue weighted by Crippen LogP contribution is -2.37. The molecule has 0 radical (unpaired) electrons. The normalized spacial score (nSPS) is 11.9. The second-order valence-electron chi connectivity index (χ2n) is 6.98. The topological polar surface area (TPSA) is 222 Å². The van der Waals surface area contributed by atoms with E-state index in [1.807, 2.05) is 0 Å². The maximum atomic E-state index is 12.9. The molecule has 1 aromatic heterocycles. The number of guanidine groups is 1. The molecule has 0 saturated carbocycles. The fourth-order valence-electron chi connectivity index (χ4n) is 2.61. The number of benzene rings is 1. The van der Waals surface area contributed by atoms with Crippen molar-refractivity contribution in [2.75, 3.05) is 11.3 Å². The number of aromatic nitrogens is 1. The zero-order valence-corrected chi connectivity index (χ0v) is 20.5. The number of primary amides is 1. The van der Waals surface area contributed by atoms with E-state index in [0.29, 0.717) is 10.7 Å². The molecule has 0 aliphatic carbocycles. The molecule has 0 saturated heterocycles. The van der Waals surface area contributed by atoms with Gasteiger partial charge in [-0.1, -0.05) is 11.6 Å². The first kappa shape index (κ1) is 31.0. The molecule has 2 rings (SSSR count). The Labute approximate surface area is 212 Å². The second-order valence-corrected chi connectivity index (χ2v) is 9.10. The SMILES string of the molecule is Cc1ccc(NS(=O)(=O)c2ccc(Cl)cc2)c(=O)n1C(CCON=C(N)N)C(N)=O.O=C(O)C(F)(F)F. The molecule has 13 nitrogen and oxygen atoms in total. The first-order valence-corrected chi connectivity index (χ1v) is 11.6. The number of oxime groups is 1. The molecule has 1 amide bonds. The van der Waals surface area contributed by atoms with Crippen LogP contribution in [0.15, 0.2) is 51.2 Å². The molecule has 1 heterocycles. The van der Waals surface area contributed by atoms with E-state index in [9.17, 15) is 31.2 Å². The molecule has 1 unspecified atom stereocenters. The number of hydrogen-bond acceptors (Lipinski definition) is 7. The predicted octanol–water partition coefficient (Wildman–Crippen LogP) is 0.866. The molecule has 0 aliphatic rings. The van der Waals surface area contributed by atoms with E-state index in [0.717, 1.165) is 4.57 Å². The summed E-state index contributed by atoms with van der Waals surface area (Å²) in [7, 11) is -4.07. The number of nitrogens with zero attached hydrogens (tertiary/aromatic N) is 2. The summed E-state index contributed by atoms with van der Waals surface area (Å²) in [6.45, 7) is 1.46. The van der Waals surface area contributed by atoms with Gasteiger partial charge in [-0.05, 0) is 48.5 Å². The maximum absolute atomic E-state index is 12.9. The zero-order chi connectivity index (χ0) is 28.6. The van der Waals surface area contributed by atoms with Crippen molar-refractivity contribution in [3.05, 3.63) is 57.5 Å². The largest absolute Gasteiger partial charge is 0.490 e. The highest BCUT2D eigenvalue weighted by molar-refractivity contribution is 7.92. The number of aryl methyl sites for hydroxylation is 1. The fourth-order valence-corrected chi connectivity index (χ4v) is 3.79. The molecule has 0 aliphatic heterocycles. The number of anilines is 1. The van der Waals surface area contributed by atoms with Crippen molar-refractivity contribution in [1.29, 1.82) is 0 Å². The van der Waals surface area contributed by atoms with Gasteiger partial charge in [0.05, 0.1) is 4.90 Å². The van der Waals surface area contributed by atoms with Gasteiger partial charge in [0.1, 0.15) is 18.3 Å². The first-order valence-electron chi connectivity index (χ1n) is 9.78. The summed E-state index contributed by atoms with van der Waals surface area (Å²) in [5, 5.41) is 10.8. The van der Waals surface area contributed by atoms with Gasteiger partial charge in [-0.25, -0.2) is 13.2 Å². The van der Waals surface area contributed by atoms with E-state index >= 15 is 0 Å². The van der Waals surface area contributed by atoms with Crippen LogP contribution in [0.1, 0.15) is 18.2 Å². The van der Waals surface area contributed by atoms with E-state index in [1.165, 1.54) is 36.4 Å². The van der Waals surface area contributed by atoms with Gasteiger partial charge < -0.3 is 27.1 Å². The van der Waals surface area contributed by atoms with Gasteiger partial charge in [-0.3, -0.25) is 18.9 Å². The van der Waals surface area contributed by atoms with Crippen LogP contribution in [0, 0.1) is 6.92 Å². The highest BCUT2D eigenvalue weighted by Crippen LogP contribution is 2.19. The number of aliphatic carboxylic acids is 1. The minimum atomic E-state index is -5.08. The standard InChI is InChI=1S/C17H21ClN6O5S.C2HF3O2/c1-10-2-7-13(23-30(27,28)12-5-3-11(18)4-6-12)16(26)24(10)14(15(19)25)8-9-29-22-17(20)21;3-2(4,5)1(6)7/h2-7,14,23H,8-9H2,1H3,(H2,19,25)(H4,20,21,22);(H,6,7). The molecule has 0 bridgehead atoms. The Balaban J connectivity index is 0.000000856. The molecule has 18 heteroatoms. The number of halogens is 4. The number of nitrogens with one attached hydrogen (secondary N) is 1. The lowest BCUT2D eigenvalue weighted by molar-refractivity contribution is -0.192. The number of carbonyl (C=O) groups is 2. The molecule has 204 valence electrons. The molecule has 1 atom stereocenters. The third-order valence-electron chi connectivity index (χ3n) is 4.22. The summed E-state index contributed by atoms with van der Waals surface area (Å²) in [5.74, 6) is -3.88. The summed E-state index contributed by atoms with van der Waals surface area (Å²) in [5.41, 5.74) is 15.1. The molecule has 0 spiro atoms. The summed E-state index contributed by atoms with van der Waals surface area (Å²) >= 11 is 5.77. The Bertz CT molecular complexity index is 1310. The van der Waals surface area contributed by atoms with Crippen LogP contribution in [-0.4, -0.2) is 48.7 Å². The van der Waals surface area contributed by atoms with Crippen LogP contribution in [0.2, 0.25) is 5.02 Å². The fraction of sp³-hybridized carbons (Fsp3) is 0.263. The van der Waals surface area contributed by atoms with Gasteiger partial charge in [0, 0.05) is 17.1 Å². The van der Waals surface area contributed by atoms with Crippen LogP contribution in [0.5, 0.6) is 0 Å². The number of carboxylic acid groups (broad SMARTS) is 1. The first-order chi connectivity index (χ1) is 17.0. The third-order valence-corrected chi connectivity index (χ3v) is 5.86. The van der Waals surface area contributed by atoms with Gasteiger partial charge >= 0.3 is 12.1 Å². The van der Waals surface area contributed by atoms with E-state index in [2.05, 4.69) is 9.88 Å². The van der Waals surface area contributed by atoms with Crippen LogP contribution in [0.25, 0.3) is 0 Å². The van der Waals surface area contributed by atoms with Gasteiger partial charge in [0.2, 0.25) is 11.9 Å². The van der Waals surface area contributed by atoms with Crippen LogP contribution >= 0.6 is 11.6 Å². The lowest BCUT2D eigenvalue weighted by Gasteiger charge is -2.20. The minimum Gasteiger partial charge on any atom is -0.475 e. The minimum absolute atomic E-state index is 0.0275. The smallest absolute Gasteiger partial charge is 0.475 e. The van der Waals surface area contributed by atoms with Crippen molar-refractivity contribution < 1.29 is 41.1 Å². The van der Waals surface area contributed by atoms with Crippen molar-refractivity contribution in [2.24, 2.45) is 22.4 Å². The van der Waals surface area contributed by atoms with Crippen molar-refractivity contribution in [1.82, 2.24) is 4.57 Å². The quantitative estimate of drug-likeness (QED) is 0.125. The number of amides is 1. The Kier molecular flexibility index (Phi) is 10.8. The van der Waals surface area contributed by atoms with E-state index in [4.69, 9.17) is 43.5 Å². The molecule has 0 fully saturated rings. The number of carbonyl (C=O) groups excluding carboxylic acids is 1. The Hall–Kier alpha value is -3.99. The Morgan fingerprint density at radius 3 is 2.16 bits per heavy atom. The Morgan fingerprint density at radius 1 is 1.16 bits per heavy atom. The lowest BCUT2D eigenvalue weighted by atomic mass is 10.1. The highest BCUT2D eigenvalue weighted by Gasteiger charge is 2.38. The van der Waals surface area contributed by atoms with Crippen LogP contribution in [-0.2, 0) is 24.4 Å². The number of pyridine rings is 1. The number of sulfonamides is 1. The van der Waals surface area contributed by atoms with Crippen molar-refractivity contribution in [3.8, 4) is 0 Å². The van der Waals surface area contributed by atoms with Crippen LogP contribution < -0.4 is 27.5 Å². The average Bonchev–Trinajstić information content (AvgIpc) is 2.77. The van der Waals surface area contributed by atoms with E-state index in [-0.39, 0.29) is 29.6 Å². The number of nitrogens with two attached hydrogens (primary N) is 3. The molecule has 1 aromatic carbocycles. The number of hydrogen-bond donors (Lipinski definition) is 5. The zero-order valence-electron chi connectivity index (χ0n) is 18.9. The van der Waals surface area contributed by atoms with Crippen LogP contribution in [0.3, 0.4) is 0 Å². The number of alkyl halides is 3. The van der Waals surface area contributed by atoms with Gasteiger partial charge in [0.15, 0.2) is 0 Å². The van der Waals surface area contributed by atoms with Gasteiger partial charge in [-0.15, -0.1) is 0 Å². The second kappa shape index (κ2) is 12.8. The predicted molar refractivity (Wildman–Crippen MR) is 126 cm³/mol. The molecule has 37 heavy (non-hydrogen) atoms. The van der Waals surface area contributed by atoms with Gasteiger partial charge in [-0.2, -0.15) is 13.2 Å². The van der Waals surface area contributed by atoms with E-state index in [1.54, 1.807) is 6.92 Å². The van der Waals surface area contributed by atoms with E-state index < -0.39 is 39.7 Å². The van der Waals surface area contributed by atoms with Gasteiger partial charge in [0.25, 0.3) is 15.6 Å². The maximum Gasteiger partial charge on any atom is 0.490 e. The molecule has 2 aromatic rings. The van der Waals surface area contributed by atoms with Crippen molar-refractivity contribution in [3.63, 3.8) is 0 Å². The summed E-state index contributed by atoms with van der Waals surface area (Å²) in [6, 6.07) is 7.07. The average molecular weight is 571 g/mol. The molecule has 8 N–H and O–H groups in total. The number of rotatable bonds is 9. The number of carboxylic acids is 1. The summed E-state index contributed by atoms with van der Waals surface area (Å²) < 4.78 is 60.2. The van der Waals surface area contributed by atoms with Crippen LogP contribution in [0.4, 0.5) is 18.9 Å².